The maximum absolute atomic E-state index is 13.1. The van der Waals surface area contributed by atoms with Crippen LogP contribution in [0, 0.1) is 0 Å². The number of hydrogen-bond acceptors (Lipinski definition) is 4. The first kappa shape index (κ1) is 21.0. The van der Waals surface area contributed by atoms with Gasteiger partial charge in [-0.15, -0.1) is 0 Å². The molecule has 2 aromatic rings. The number of benzene rings is 2. The minimum atomic E-state index is -3.76. The van der Waals surface area contributed by atoms with Gasteiger partial charge in [-0.05, 0) is 61.4 Å². The molecule has 7 heteroatoms. The quantitative estimate of drug-likeness (QED) is 0.794. The van der Waals surface area contributed by atoms with Gasteiger partial charge in [0.1, 0.15) is 0 Å². The third-order valence-electron chi connectivity index (χ3n) is 5.94. The lowest BCUT2D eigenvalue weighted by molar-refractivity contribution is 0.0729. The lowest BCUT2D eigenvalue weighted by Crippen LogP contribution is -2.41. The highest BCUT2D eigenvalue weighted by atomic mass is 32.2. The summed E-state index contributed by atoms with van der Waals surface area (Å²) in [6.45, 7) is 3.25. The average Bonchev–Trinajstić information content (AvgIpc) is 2.79. The summed E-state index contributed by atoms with van der Waals surface area (Å²) in [5.41, 5.74) is 3.96. The Morgan fingerprint density at radius 1 is 1.03 bits per heavy atom. The van der Waals surface area contributed by atoms with Crippen molar-refractivity contribution in [3.05, 3.63) is 64.7 Å². The number of fused-ring (bicyclic) bond motifs is 1. The van der Waals surface area contributed by atoms with Crippen LogP contribution in [0.3, 0.4) is 0 Å². The highest BCUT2D eigenvalue weighted by Crippen LogP contribution is 2.26. The molecule has 0 bridgehead atoms. The van der Waals surface area contributed by atoms with Gasteiger partial charge in [0.2, 0.25) is 10.0 Å². The highest BCUT2D eigenvalue weighted by Gasteiger charge is 2.30. The molecule has 160 valence electrons. The van der Waals surface area contributed by atoms with Gasteiger partial charge in [0, 0.05) is 13.1 Å². The van der Waals surface area contributed by atoms with Crippen LogP contribution in [-0.4, -0.2) is 44.9 Å². The second-order valence-electron chi connectivity index (χ2n) is 7.94. The first-order valence-electron chi connectivity index (χ1n) is 10.6. The molecule has 4 rings (SSSR count). The Morgan fingerprint density at radius 3 is 2.50 bits per heavy atom. The van der Waals surface area contributed by atoms with Crippen LogP contribution in [0.5, 0.6) is 0 Å². The summed E-state index contributed by atoms with van der Waals surface area (Å²) >= 11 is 0. The SMILES string of the molecule is CC(NC(=O)c1ccccc1S(=O)(=O)N1CCOCC1)c1ccc2c(c1)CCCC2. The van der Waals surface area contributed by atoms with Crippen LogP contribution in [-0.2, 0) is 27.6 Å². The van der Waals surface area contributed by atoms with E-state index in [4.69, 9.17) is 4.74 Å². The van der Waals surface area contributed by atoms with Gasteiger partial charge in [-0.25, -0.2) is 8.42 Å². The normalized spacial score (nSPS) is 18.4. The van der Waals surface area contributed by atoms with E-state index in [-0.39, 0.29) is 22.4 Å². The number of sulfonamides is 1. The van der Waals surface area contributed by atoms with E-state index in [1.807, 2.05) is 6.92 Å². The number of rotatable bonds is 5. The lowest BCUT2D eigenvalue weighted by atomic mass is 9.89. The van der Waals surface area contributed by atoms with Crippen molar-refractivity contribution in [2.75, 3.05) is 26.3 Å². The monoisotopic (exact) mass is 428 g/mol. The Balaban J connectivity index is 1.55. The van der Waals surface area contributed by atoms with Gasteiger partial charge >= 0.3 is 0 Å². The van der Waals surface area contributed by atoms with Crippen LogP contribution in [0.4, 0.5) is 0 Å². The molecule has 1 aliphatic heterocycles. The molecule has 0 radical (unpaired) electrons. The third-order valence-corrected chi connectivity index (χ3v) is 7.90. The molecule has 1 N–H and O–H groups in total. The summed E-state index contributed by atoms with van der Waals surface area (Å²) in [5.74, 6) is -0.382. The van der Waals surface area contributed by atoms with Gasteiger partial charge in [-0.2, -0.15) is 4.31 Å². The van der Waals surface area contributed by atoms with Crippen LogP contribution < -0.4 is 5.32 Å². The van der Waals surface area contributed by atoms with Crippen LogP contribution in [0.15, 0.2) is 47.4 Å². The molecule has 1 atom stereocenters. The number of aryl methyl sites for hydroxylation is 2. The van der Waals surface area contributed by atoms with Crippen molar-refractivity contribution in [3.8, 4) is 0 Å². The third kappa shape index (κ3) is 4.29. The number of nitrogens with one attached hydrogen (secondary N) is 1. The fourth-order valence-electron chi connectivity index (χ4n) is 4.19. The molecule has 1 amide bonds. The topological polar surface area (TPSA) is 75.7 Å². The van der Waals surface area contributed by atoms with Crippen LogP contribution in [0.25, 0.3) is 0 Å². The molecule has 6 nitrogen and oxygen atoms in total. The number of amides is 1. The molecular weight excluding hydrogens is 400 g/mol. The number of carbonyl (C=O) groups is 1. The summed E-state index contributed by atoms with van der Waals surface area (Å²) in [6.07, 6.45) is 4.62. The number of morpholine rings is 1. The zero-order valence-electron chi connectivity index (χ0n) is 17.3. The molecule has 1 fully saturated rings. The number of nitrogens with zero attached hydrogens (tertiary/aromatic N) is 1. The first-order chi connectivity index (χ1) is 14.5. The van der Waals surface area contributed by atoms with E-state index in [0.717, 1.165) is 18.4 Å². The lowest BCUT2D eigenvalue weighted by Gasteiger charge is -2.27. The van der Waals surface area contributed by atoms with Crippen molar-refractivity contribution in [2.45, 2.75) is 43.5 Å². The minimum absolute atomic E-state index is 0.0436. The second-order valence-corrected chi connectivity index (χ2v) is 9.85. The van der Waals surface area contributed by atoms with Gasteiger partial charge in [-0.3, -0.25) is 4.79 Å². The van der Waals surface area contributed by atoms with Crippen molar-refractivity contribution in [3.63, 3.8) is 0 Å². The highest BCUT2D eigenvalue weighted by molar-refractivity contribution is 7.89. The molecule has 0 spiro atoms. The van der Waals surface area contributed by atoms with Gasteiger partial charge in [0.25, 0.3) is 5.91 Å². The van der Waals surface area contributed by atoms with E-state index >= 15 is 0 Å². The van der Waals surface area contributed by atoms with Crippen molar-refractivity contribution in [2.24, 2.45) is 0 Å². The van der Waals surface area contributed by atoms with Gasteiger partial charge in [0.15, 0.2) is 0 Å². The Kier molecular flexibility index (Phi) is 6.22. The zero-order chi connectivity index (χ0) is 21.1. The molecule has 0 aromatic heterocycles. The van der Waals surface area contributed by atoms with E-state index in [2.05, 4.69) is 23.5 Å². The Hall–Kier alpha value is -2.22. The van der Waals surface area contributed by atoms with E-state index in [9.17, 15) is 13.2 Å². The molecule has 2 aromatic carbocycles. The molecule has 1 aliphatic carbocycles. The van der Waals surface area contributed by atoms with Crippen molar-refractivity contribution >= 4 is 15.9 Å². The molecule has 2 aliphatic rings. The summed E-state index contributed by atoms with van der Waals surface area (Å²) < 4.78 is 32.9. The summed E-state index contributed by atoms with van der Waals surface area (Å²) in [6, 6.07) is 12.6. The van der Waals surface area contributed by atoms with Gasteiger partial charge in [-0.1, -0.05) is 30.3 Å². The van der Waals surface area contributed by atoms with E-state index in [1.165, 1.54) is 34.3 Å². The molecule has 1 heterocycles. The average molecular weight is 429 g/mol. The van der Waals surface area contributed by atoms with E-state index < -0.39 is 10.0 Å². The Morgan fingerprint density at radius 2 is 1.73 bits per heavy atom. The number of carbonyl (C=O) groups excluding carboxylic acids is 1. The predicted molar refractivity (Wildman–Crippen MR) is 115 cm³/mol. The fraction of sp³-hybridized carbons (Fsp3) is 0.435. The Labute approximate surface area is 178 Å². The second kappa shape index (κ2) is 8.88. The minimum Gasteiger partial charge on any atom is -0.379 e. The van der Waals surface area contributed by atoms with Crippen LogP contribution >= 0.6 is 0 Å². The number of ether oxygens (including phenoxy) is 1. The van der Waals surface area contributed by atoms with E-state index in [1.54, 1.807) is 18.2 Å². The first-order valence-corrected chi connectivity index (χ1v) is 12.0. The summed E-state index contributed by atoms with van der Waals surface area (Å²) in [5, 5.41) is 2.99. The van der Waals surface area contributed by atoms with Crippen molar-refractivity contribution in [1.82, 2.24) is 9.62 Å². The standard InChI is InChI=1S/C23H28N2O4S/c1-17(19-11-10-18-6-2-3-7-20(18)16-19)24-23(26)21-8-4-5-9-22(21)30(27,28)25-12-14-29-15-13-25/h4-5,8-11,16-17H,2-3,6-7,12-15H2,1H3,(H,24,26). The Bertz CT molecular complexity index is 1030. The van der Waals surface area contributed by atoms with Gasteiger partial charge < -0.3 is 10.1 Å². The van der Waals surface area contributed by atoms with Crippen LogP contribution in [0.1, 0.15) is 52.9 Å². The van der Waals surface area contributed by atoms with Crippen LogP contribution in [0.2, 0.25) is 0 Å². The molecular formula is C23H28N2O4S. The fourth-order valence-corrected chi connectivity index (χ4v) is 5.78. The molecule has 1 saturated heterocycles. The maximum atomic E-state index is 13.1. The smallest absolute Gasteiger partial charge is 0.253 e. The predicted octanol–water partition coefficient (Wildman–Crippen LogP) is 3.08. The summed E-state index contributed by atoms with van der Waals surface area (Å²) in [7, 11) is -3.76. The molecule has 30 heavy (non-hydrogen) atoms. The molecule has 0 saturated carbocycles. The summed E-state index contributed by atoms with van der Waals surface area (Å²) in [4.78, 5) is 13.1. The maximum Gasteiger partial charge on any atom is 0.253 e. The van der Waals surface area contributed by atoms with Gasteiger partial charge in [0.05, 0.1) is 29.7 Å². The number of hydrogen-bond donors (Lipinski definition) is 1. The van der Waals surface area contributed by atoms with E-state index in [0.29, 0.717) is 26.3 Å². The largest absolute Gasteiger partial charge is 0.379 e. The van der Waals surface area contributed by atoms with Crippen molar-refractivity contribution < 1.29 is 17.9 Å². The zero-order valence-corrected chi connectivity index (χ0v) is 18.1. The molecule has 1 unspecified atom stereocenters. The van der Waals surface area contributed by atoms with Crippen molar-refractivity contribution in [1.29, 1.82) is 0 Å².